The van der Waals surface area contributed by atoms with Gasteiger partial charge in [0.15, 0.2) is 11.4 Å². The van der Waals surface area contributed by atoms with Crippen molar-refractivity contribution in [3.05, 3.63) is 94.3 Å². The van der Waals surface area contributed by atoms with Crippen molar-refractivity contribution in [3.63, 3.8) is 0 Å². The Bertz CT molecular complexity index is 1240. The quantitative estimate of drug-likeness (QED) is 0.436. The molecule has 0 atom stereocenters. The van der Waals surface area contributed by atoms with Crippen molar-refractivity contribution in [2.75, 3.05) is 35.0 Å². The molecule has 0 spiro atoms. The fourth-order valence-electron chi connectivity index (χ4n) is 4.79. The first kappa shape index (κ1) is 24.7. The van der Waals surface area contributed by atoms with Gasteiger partial charge in [-0.2, -0.15) is 5.01 Å². The molecular formula is C26H24N2O8. The van der Waals surface area contributed by atoms with E-state index in [-0.39, 0.29) is 29.1 Å². The lowest BCUT2D eigenvalue weighted by Crippen LogP contribution is -2.50. The van der Waals surface area contributed by atoms with Crippen molar-refractivity contribution in [3.8, 4) is 0 Å². The van der Waals surface area contributed by atoms with E-state index in [1.807, 2.05) is 0 Å². The van der Waals surface area contributed by atoms with Gasteiger partial charge >= 0.3 is 23.9 Å². The number of esters is 4. The van der Waals surface area contributed by atoms with E-state index >= 15 is 0 Å². The predicted molar refractivity (Wildman–Crippen MR) is 124 cm³/mol. The molecule has 0 unspecified atom stereocenters. The van der Waals surface area contributed by atoms with E-state index in [2.05, 4.69) is 0 Å². The second-order valence-electron chi connectivity index (χ2n) is 7.83. The van der Waals surface area contributed by atoms with E-state index in [0.717, 1.165) is 14.2 Å². The molecule has 0 aliphatic carbocycles. The van der Waals surface area contributed by atoms with Crippen LogP contribution in [-0.2, 0) is 43.7 Å². The largest absolute Gasteiger partial charge is 0.466 e. The molecule has 186 valence electrons. The first-order chi connectivity index (χ1) is 17.4. The predicted octanol–water partition coefficient (Wildman–Crippen LogP) is 1.68. The minimum atomic E-state index is -1.49. The monoisotopic (exact) mass is 492 g/mol. The number of ether oxygens (including phenoxy) is 4. The first-order valence-corrected chi connectivity index (χ1v) is 10.9. The molecule has 0 saturated heterocycles. The van der Waals surface area contributed by atoms with Gasteiger partial charge in [0.05, 0.1) is 40.6 Å². The zero-order valence-corrected chi connectivity index (χ0v) is 20.1. The van der Waals surface area contributed by atoms with Crippen molar-refractivity contribution in [1.82, 2.24) is 10.0 Å². The molecule has 2 aromatic rings. The fourth-order valence-corrected chi connectivity index (χ4v) is 4.79. The molecule has 10 nitrogen and oxygen atoms in total. The Kier molecular flexibility index (Phi) is 6.63. The zero-order chi connectivity index (χ0) is 26.0. The number of carbonyl (C=O) groups excluding carboxylic acids is 4. The van der Waals surface area contributed by atoms with Crippen LogP contribution in [0, 0.1) is 0 Å². The van der Waals surface area contributed by atoms with Gasteiger partial charge in [0.2, 0.25) is 0 Å². The van der Waals surface area contributed by atoms with Crippen molar-refractivity contribution < 1.29 is 38.1 Å². The minimum absolute atomic E-state index is 0.0501. The maximum absolute atomic E-state index is 13.5. The molecule has 0 saturated carbocycles. The third kappa shape index (κ3) is 3.45. The minimum Gasteiger partial charge on any atom is -0.466 e. The zero-order valence-electron chi connectivity index (χ0n) is 20.1. The Labute approximate surface area is 207 Å². The number of hydrogen-bond acceptors (Lipinski definition) is 10. The highest BCUT2D eigenvalue weighted by atomic mass is 16.5. The van der Waals surface area contributed by atoms with Crippen molar-refractivity contribution in [1.29, 1.82) is 0 Å². The van der Waals surface area contributed by atoms with Gasteiger partial charge in [0.1, 0.15) is 11.1 Å². The average Bonchev–Trinajstić information content (AvgIpc) is 3.46. The van der Waals surface area contributed by atoms with Gasteiger partial charge in [0, 0.05) is 0 Å². The number of hydrazine groups is 1. The van der Waals surface area contributed by atoms with E-state index in [9.17, 15) is 19.2 Å². The van der Waals surface area contributed by atoms with Crippen LogP contribution in [0.3, 0.4) is 0 Å². The van der Waals surface area contributed by atoms with E-state index in [1.165, 1.54) is 19.2 Å². The number of hydrogen-bond donors (Lipinski definition) is 0. The van der Waals surface area contributed by atoms with E-state index in [1.54, 1.807) is 65.7 Å². The number of nitrogens with zero attached hydrogens (tertiary/aromatic N) is 2. The Hall–Kier alpha value is -4.44. The summed E-state index contributed by atoms with van der Waals surface area (Å²) in [4.78, 5) is 52.6. The summed E-state index contributed by atoms with van der Waals surface area (Å²) in [7, 11) is 4.67. The van der Waals surface area contributed by atoms with Crippen molar-refractivity contribution >= 4 is 23.9 Å². The molecule has 2 aliphatic heterocycles. The summed E-state index contributed by atoms with van der Waals surface area (Å²) in [5, 5.41) is 2.78. The standard InChI is InChI=1S/C26H24N2O8/c1-33-22(29)18-15-27-26(16-11-7-5-8-12-16,17-13-9-6-10-14-17)19(23(30)34-2)21(25(32)36-4)28(27)20(18)24(31)35-3/h5-14H,15H2,1-4H3. The second-order valence-corrected chi connectivity index (χ2v) is 7.83. The van der Waals surface area contributed by atoms with Crippen LogP contribution in [-0.4, -0.2) is 68.9 Å². The highest BCUT2D eigenvalue weighted by Crippen LogP contribution is 2.54. The van der Waals surface area contributed by atoms with Gasteiger partial charge in [-0.3, -0.25) is 5.01 Å². The summed E-state index contributed by atoms with van der Waals surface area (Å²) in [5.74, 6) is -3.42. The molecule has 0 bridgehead atoms. The Morgan fingerprint density at radius 1 is 0.639 bits per heavy atom. The summed E-state index contributed by atoms with van der Waals surface area (Å²) < 4.78 is 20.1. The van der Waals surface area contributed by atoms with Crippen LogP contribution in [0.15, 0.2) is 83.2 Å². The third-order valence-corrected chi connectivity index (χ3v) is 6.21. The summed E-state index contributed by atoms with van der Waals surface area (Å²) in [6, 6.07) is 17.8. The molecule has 2 heterocycles. The first-order valence-electron chi connectivity index (χ1n) is 10.9. The van der Waals surface area contributed by atoms with Crippen LogP contribution in [0.5, 0.6) is 0 Å². The van der Waals surface area contributed by atoms with Gasteiger partial charge in [-0.25, -0.2) is 19.2 Å². The van der Waals surface area contributed by atoms with Gasteiger partial charge < -0.3 is 18.9 Å². The van der Waals surface area contributed by atoms with Crippen molar-refractivity contribution in [2.24, 2.45) is 0 Å². The highest BCUT2D eigenvalue weighted by molar-refractivity contribution is 6.08. The van der Waals surface area contributed by atoms with E-state index < -0.39 is 29.4 Å². The SMILES string of the molecule is COC(=O)C1=C(C(=O)OC)N2C(C(=O)OC)=C(C(=O)OC)C(c3ccccc3)(c3ccccc3)N2C1. The lowest BCUT2D eigenvalue weighted by atomic mass is 9.76. The summed E-state index contributed by atoms with van der Waals surface area (Å²) in [6.07, 6.45) is 0. The number of benzene rings is 2. The maximum atomic E-state index is 13.5. The smallest absolute Gasteiger partial charge is 0.356 e. The van der Waals surface area contributed by atoms with Crippen LogP contribution >= 0.6 is 0 Å². The lowest BCUT2D eigenvalue weighted by molar-refractivity contribution is -0.143. The van der Waals surface area contributed by atoms with Crippen LogP contribution < -0.4 is 0 Å². The number of fused-ring (bicyclic) bond motifs is 1. The molecular weight excluding hydrogens is 468 g/mol. The molecule has 2 aliphatic rings. The molecule has 0 amide bonds. The van der Waals surface area contributed by atoms with E-state index in [4.69, 9.17) is 18.9 Å². The normalized spacial score (nSPS) is 16.5. The topological polar surface area (TPSA) is 112 Å². The second kappa shape index (κ2) is 9.67. The maximum Gasteiger partial charge on any atom is 0.356 e. The summed E-state index contributed by atoms with van der Waals surface area (Å²) in [5.41, 5.74) is -1.01. The van der Waals surface area contributed by atoms with E-state index in [0.29, 0.717) is 11.1 Å². The Morgan fingerprint density at radius 3 is 1.53 bits per heavy atom. The Morgan fingerprint density at radius 2 is 1.08 bits per heavy atom. The fraction of sp³-hybridized carbons (Fsp3) is 0.231. The van der Waals surface area contributed by atoms with Crippen molar-refractivity contribution in [2.45, 2.75) is 5.54 Å². The molecule has 4 rings (SSSR count). The third-order valence-electron chi connectivity index (χ3n) is 6.21. The van der Waals surface area contributed by atoms with Crippen LogP contribution in [0.25, 0.3) is 0 Å². The Balaban J connectivity index is 2.19. The van der Waals surface area contributed by atoms with Crippen LogP contribution in [0.4, 0.5) is 0 Å². The van der Waals surface area contributed by atoms with Gasteiger partial charge in [0.25, 0.3) is 0 Å². The number of methoxy groups -OCH3 is 4. The van der Waals surface area contributed by atoms with Crippen LogP contribution in [0.2, 0.25) is 0 Å². The molecule has 0 radical (unpaired) electrons. The van der Waals surface area contributed by atoms with Gasteiger partial charge in [-0.1, -0.05) is 60.7 Å². The molecule has 2 aromatic carbocycles. The molecule has 0 N–H and O–H groups in total. The lowest BCUT2D eigenvalue weighted by Gasteiger charge is -2.41. The van der Waals surface area contributed by atoms with Gasteiger partial charge in [-0.15, -0.1) is 0 Å². The number of rotatable bonds is 6. The highest BCUT2D eigenvalue weighted by Gasteiger charge is 2.63. The molecule has 0 fully saturated rings. The summed E-state index contributed by atoms with van der Waals surface area (Å²) in [6.45, 7) is -0.193. The average molecular weight is 492 g/mol. The van der Waals surface area contributed by atoms with Gasteiger partial charge in [-0.05, 0) is 11.1 Å². The number of carbonyl (C=O) groups is 4. The molecule has 10 heteroatoms. The molecule has 36 heavy (non-hydrogen) atoms. The van der Waals surface area contributed by atoms with Crippen LogP contribution in [0.1, 0.15) is 11.1 Å². The summed E-state index contributed by atoms with van der Waals surface area (Å²) >= 11 is 0. The molecule has 0 aromatic heterocycles.